The maximum absolute atomic E-state index is 12.4. The molecule has 1 amide bonds. The van der Waals surface area contributed by atoms with E-state index in [9.17, 15) is 9.59 Å². The number of carbonyl (C=O) groups excluding carboxylic acids is 1. The molecule has 1 aromatic carbocycles. The monoisotopic (exact) mass is 400 g/mol. The van der Waals surface area contributed by atoms with Crippen molar-refractivity contribution in [1.29, 1.82) is 0 Å². The van der Waals surface area contributed by atoms with Crippen LogP contribution in [0.25, 0.3) is 5.00 Å². The summed E-state index contributed by atoms with van der Waals surface area (Å²) >= 11 is 1.38. The van der Waals surface area contributed by atoms with Crippen LogP contribution in [0.4, 0.5) is 0 Å². The SMILES string of the molecule is CCc1ccc(C(CNC(=O)Cn2nnn(-c3cccs3)c2=O)N(C)C)cc1. The number of nitrogens with one attached hydrogen (secondary N) is 1. The third-order valence-corrected chi connectivity index (χ3v) is 5.38. The van der Waals surface area contributed by atoms with Gasteiger partial charge in [0, 0.05) is 6.54 Å². The van der Waals surface area contributed by atoms with Gasteiger partial charge in [-0.2, -0.15) is 9.36 Å². The quantitative estimate of drug-likeness (QED) is 0.619. The Labute approximate surface area is 167 Å². The van der Waals surface area contributed by atoms with Gasteiger partial charge in [0.1, 0.15) is 11.5 Å². The van der Waals surface area contributed by atoms with Gasteiger partial charge in [-0.3, -0.25) is 4.79 Å². The number of benzene rings is 1. The molecule has 0 aliphatic rings. The molecule has 0 fully saturated rings. The Morgan fingerprint density at radius 1 is 1.21 bits per heavy atom. The number of hydrogen-bond acceptors (Lipinski definition) is 6. The van der Waals surface area contributed by atoms with E-state index in [2.05, 4.69) is 51.8 Å². The van der Waals surface area contributed by atoms with E-state index < -0.39 is 5.69 Å². The van der Waals surface area contributed by atoms with Crippen molar-refractivity contribution in [2.45, 2.75) is 25.9 Å². The van der Waals surface area contributed by atoms with Crippen LogP contribution >= 0.6 is 11.3 Å². The number of amides is 1. The molecule has 1 atom stereocenters. The number of nitrogens with zero attached hydrogens (tertiary/aromatic N) is 5. The summed E-state index contributed by atoms with van der Waals surface area (Å²) in [5, 5.41) is 13.1. The third kappa shape index (κ3) is 4.55. The Balaban J connectivity index is 1.63. The second-order valence-electron chi connectivity index (χ2n) is 6.66. The lowest BCUT2D eigenvalue weighted by Gasteiger charge is -2.25. The molecule has 148 valence electrons. The molecule has 8 nitrogen and oxygen atoms in total. The molecule has 3 aromatic rings. The maximum Gasteiger partial charge on any atom is 0.369 e. The summed E-state index contributed by atoms with van der Waals surface area (Å²) in [6, 6.07) is 12.0. The van der Waals surface area contributed by atoms with Crippen LogP contribution in [0, 0.1) is 0 Å². The zero-order valence-electron chi connectivity index (χ0n) is 16.2. The first-order valence-electron chi connectivity index (χ1n) is 9.08. The van der Waals surface area contributed by atoms with Crippen LogP contribution in [-0.4, -0.2) is 51.2 Å². The Morgan fingerprint density at radius 2 is 1.96 bits per heavy atom. The summed E-state index contributed by atoms with van der Waals surface area (Å²) in [7, 11) is 3.95. The van der Waals surface area contributed by atoms with Crippen LogP contribution in [0.3, 0.4) is 0 Å². The first-order chi connectivity index (χ1) is 13.5. The van der Waals surface area contributed by atoms with E-state index in [-0.39, 0.29) is 18.5 Å². The molecule has 1 N–H and O–H groups in total. The summed E-state index contributed by atoms with van der Waals surface area (Å²) < 4.78 is 2.26. The van der Waals surface area contributed by atoms with Crippen LogP contribution in [0.2, 0.25) is 0 Å². The molecular weight excluding hydrogens is 376 g/mol. The lowest BCUT2D eigenvalue weighted by atomic mass is 10.0. The van der Waals surface area contributed by atoms with Crippen molar-refractivity contribution >= 4 is 17.2 Å². The molecule has 3 rings (SSSR count). The number of aryl methyl sites for hydroxylation is 1. The van der Waals surface area contributed by atoms with Gasteiger partial charge in [-0.15, -0.1) is 11.3 Å². The highest BCUT2D eigenvalue weighted by Gasteiger charge is 2.17. The molecule has 1 unspecified atom stereocenters. The van der Waals surface area contributed by atoms with Gasteiger partial charge in [0.2, 0.25) is 5.91 Å². The van der Waals surface area contributed by atoms with Crippen molar-refractivity contribution in [3.05, 3.63) is 63.4 Å². The summed E-state index contributed by atoms with van der Waals surface area (Å²) in [6.45, 7) is 2.39. The Hall–Kier alpha value is -2.78. The zero-order chi connectivity index (χ0) is 20.1. The van der Waals surface area contributed by atoms with Gasteiger partial charge in [-0.25, -0.2) is 4.79 Å². The zero-order valence-corrected chi connectivity index (χ0v) is 17.0. The van der Waals surface area contributed by atoms with Gasteiger partial charge in [-0.1, -0.05) is 31.2 Å². The predicted octanol–water partition coefficient (Wildman–Crippen LogP) is 1.47. The highest BCUT2D eigenvalue weighted by Crippen LogP contribution is 2.18. The molecule has 2 heterocycles. The average Bonchev–Trinajstić information content (AvgIpc) is 3.33. The lowest BCUT2D eigenvalue weighted by Crippen LogP contribution is -2.38. The fourth-order valence-corrected chi connectivity index (χ4v) is 3.55. The minimum Gasteiger partial charge on any atom is -0.353 e. The first-order valence-corrected chi connectivity index (χ1v) is 9.96. The van der Waals surface area contributed by atoms with Crippen molar-refractivity contribution in [3.63, 3.8) is 0 Å². The number of likely N-dealkylation sites (N-methyl/N-ethyl adjacent to an activating group) is 1. The minimum absolute atomic E-state index is 0.0355. The number of aromatic nitrogens is 4. The number of tetrazole rings is 1. The molecular formula is C19H24N6O2S. The normalized spacial score (nSPS) is 12.3. The van der Waals surface area contributed by atoms with Crippen LogP contribution < -0.4 is 11.0 Å². The van der Waals surface area contributed by atoms with Gasteiger partial charge < -0.3 is 10.2 Å². The van der Waals surface area contributed by atoms with Crippen molar-refractivity contribution in [3.8, 4) is 5.00 Å². The van der Waals surface area contributed by atoms with E-state index in [1.54, 1.807) is 6.07 Å². The highest BCUT2D eigenvalue weighted by atomic mass is 32.1. The van der Waals surface area contributed by atoms with Crippen LogP contribution in [0.15, 0.2) is 46.6 Å². The van der Waals surface area contributed by atoms with Gasteiger partial charge in [0.05, 0.1) is 6.04 Å². The van der Waals surface area contributed by atoms with Crippen molar-refractivity contribution in [2.75, 3.05) is 20.6 Å². The number of hydrogen-bond donors (Lipinski definition) is 1. The van der Waals surface area contributed by atoms with Crippen LogP contribution in [0.1, 0.15) is 24.1 Å². The van der Waals surface area contributed by atoms with Crippen LogP contribution in [0.5, 0.6) is 0 Å². The van der Waals surface area contributed by atoms with E-state index in [4.69, 9.17) is 0 Å². The molecule has 0 aliphatic heterocycles. The molecule has 0 saturated heterocycles. The second kappa shape index (κ2) is 8.94. The Morgan fingerprint density at radius 3 is 2.57 bits per heavy atom. The Kier molecular flexibility index (Phi) is 6.37. The second-order valence-corrected chi connectivity index (χ2v) is 7.59. The largest absolute Gasteiger partial charge is 0.369 e. The number of carbonyl (C=O) groups is 1. The molecule has 2 aromatic heterocycles. The fourth-order valence-electron chi connectivity index (χ4n) is 2.88. The maximum atomic E-state index is 12.4. The molecule has 9 heteroatoms. The van der Waals surface area contributed by atoms with E-state index >= 15 is 0 Å². The van der Waals surface area contributed by atoms with E-state index in [0.717, 1.165) is 16.7 Å². The standard InChI is InChI=1S/C19H24N6O2S/c1-4-14-7-9-15(10-8-14)16(23(2)3)12-20-17(26)13-24-19(27)25(22-21-24)18-6-5-11-28-18/h5-11,16H,4,12-13H2,1-3H3,(H,20,26). The van der Waals surface area contributed by atoms with E-state index in [0.29, 0.717) is 11.5 Å². The molecule has 0 radical (unpaired) electrons. The molecule has 0 aliphatic carbocycles. The number of thiophene rings is 1. The number of rotatable bonds is 8. The Bertz CT molecular complexity index is 959. The van der Waals surface area contributed by atoms with Crippen molar-refractivity contribution in [1.82, 2.24) is 30.0 Å². The van der Waals surface area contributed by atoms with Gasteiger partial charge in [-0.05, 0) is 59.6 Å². The topological polar surface area (TPSA) is 85.0 Å². The van der Waals surface area contributed by atoms with Crippen LogP contribution in [-0.2, 0) is 17.8 Å². The summed E-state index contributed by atoms with van der Waals surface area (Å²) in [4.78, 5) is 26.8. The molecule has 0 saturated carbocycles. The van der Waals surface area contributed by atoms with Gasteiger partial charge in [0.25, 0.3) is 0 Å². The summed E-state index contributed by atoms with van der Waals surface area (Å²) in [6.07, 6.45) is 0.991. The predicted molar refractivity (Wildman–Crippen MR) is 109 cm³/mol. The summed E-state index contributed by atoms with van der Waals surface area (Å²) in [5.74, 6) is -0.280. The average molecular weight is 401 g/mol. The molecule has 0 spiro atoms. The molecule has 28 heavy (non-hydrogen) atoms. The van der Waals surface area contributed by atoms with Crippen molar-refractivity contribution < 1.29 is 4.79 Å². The van der Waals surface area contributed by atoms with E-state index in [1.165, 1.54) is 21.6 Å². The first kappa shape index (κ1) is 20.0. The third-order valence-electron chi connectivity index (χ3n) is 4.54. The van der Waals surface area contributed by atoms with Crippen molar-refractivity contribution in [2.24, 2.45) is 0 Å². The van der Waals surface area contributed by atoms with Gasteiger partial charge >= 0.3 is 5.69 Å². The lowest BCUT2D eigenvalue weighted by molar-refractivity contribution is -0.122. The fraction of sp³-hybridized carbons (Fsp3) is 0.368. The minimum atomic E-state index is -0.433. The van der Waals surface area contributed by atoms with Gasteiger partial charge in [0.15, 0.2) is 0 Å². The van der Waals surface area contributed by atoms with E-state index in [1.807, 2.05) is 25.5 Å². The smallest absolute Gasteiger partial charge is 0.353 e. The molecule has 0 bridgehead atoms. The highest BCUT2D eigenvalue weighted by molar-refractivity contribution is 7.12. The summed E-state index contributed by atoms with van der Waals surface area (Å²) in [5.41, 5.74) is 1.97.